The van der Waals surface area contributed by atoms with E-state index >= 15 is 0 Å². The van der Waals surface area contributed by atoms with Crippen LogP contribution in [0, 0.1) is 5.92 Å². The van der Waals surface area contributed by atoms with E-state index in [9.17, 15) is 0 Å². The van der Waals surface area contributed by atoms with E-state index in [1.165, 1.54) is 50.6 Å². The van der Waals surface area contributed by atoms with Gasteiger partial charge in [0.15, 0.2) is 0 Å². The normalized spacial score (nSPS) is 26.2. The minimum atomic E-state index is 0.327. The summed E-state index contributed by atoms with van der Waals surface area (Å²) in [5.41, 5.74) is 7.37. The summed E-state index contributed by atoms with van der Waals surface area (Å²) in [4.78, 5) is 6.98. The van der Waals surface area contributed by atoms with Crippen molar-refractivity contribution in [2.45, 2.75) is 50.6 Å². The minimum Gasteiger partial charge on any atom is -0.329 e. The molecule has 1 aliphatic carbocycles. The van der Waals surface area contributed by atoms with Crippen molar-refractivity contribution in [2.75, 3.05) is 13.1 Å². The van der Waals surface area contributed by atoms with Gasteiger partial charge in [-0.3, -0.25) is 9.88 Å². The molecule has 1 saturated heterocycles. The zero-order valence-corrected chi connectivity index (χ0v) is 13.6. The van der Waals surface area contributed by atoms with Crippen molar-refractivity contribution < 1.29 is 0 Å². The van der Waals surface area contributed by atoms with E-state index in [0.29, 0.717) is 12.6 Å². The molecular formula is C16H24BrN3. The molecule has 2 unspecified atom stereocenters. The summed E-state index contributed by atoms with van der Waals surface area (Å²) in [6, 6.07) is 3.24. The molecule has 1 aliphatic heterocycles. The number of likely N-dealkylation sites (tertiary alicyclic amines) is 1. The van der Waals surface area contributed by atoms with Gasteiger partial charge in [-0.05, 0) is 65.7 Å². The molecule has 0 bridgehead atoms. The molecule has 20 heavy (non-hydrogen) atoms. The van der Waals surface area contributed by atoms with Gasteiger partial charge in [-0.25, -0.2) is 0 Å². The highest BCUT2D eigenvalue weighted by molar-refractivity contribution is 9.10. The lowest BCUT2D eigenvalue weighted by Gasteiger charge is -2.35. The molecule has 2 heterocycles. The van der Waals surface area contributed by atoms with E-state index in [1.807, 2.05) is 12.4 Å². The average molecular weight is 338 g/mol. The van der Waals surface area contributed by atoms with Crippen LogP contribution in [0.1, 0.15) is 50.1 Å². The first-order chi connectivity index (χ1) is 9.79. The third-order valence-corrected chi connectivity index (χ3v) is 5.45. The largest absolute Gasteiger partial charge is 0.329 e. The van der Waals surface area contributed by atoms with Crippen LogP contribution >= 0.6 is 15.9 Å². The van der Waals surface area contributed by atoms with Gasteiger partial charge in [0.25, 0.3) is 0 Å². The van der Waals surface area contributed by atoms with E-state index in [0.717, 1.165) is 16.4 Å². The van der Waals surface area contributed by atoms with Gasteiger partial charge in [-0.15, -0.1) is 0 Å². The van der Waals surface area contributed by atoms with Crippen LogP contribution in [-0.4, -0.2) is 29.0 Å². The standard InChI is InChI=1S/C16H24BrN3/c17-14-8-13(10-19-11-14)16(9-18)20-7-3-6-15(20)12-4-1-2-5-12/h8,10-12,15-16H,1-7,9,18H2. The van der Waals surface area contributed by atoms with E-state index in [1.54, 1.807) is 0 Å². The summed E-state index contributed by atoms with van der Waals surface area (Å²) in [5, 5.41) is 0. The predicted molar refractivity (Wildman–Crippen MR) is 85.4 cm³/mol. The average Bonchev–Trinajstić information content (AvgIpc) is 3.10. The number of rotatable bonds is 4. The van der Waals surface area contributed by atoms with E-state index in [4.69, 9.17) is 5.73 Å². The number of hydrogen-bond acceptors (Lipinski definition) is 3. The van der Waals surface area contributed by atoms with Crippen molar-refractivity contribution in [1.82, 2.24) is 9.88 Å². The Hall–Kier alpha value is -0.450. The van der Waals surface area contributed by atoms with E-state index < -0.39 is 0 Å². The quantitative estimate of drug-likeness (QED) is 0.914. The Morgan fingerprint density at radius 3 is 2.75 bits per heavy atom. The van der Waals surface area contributed by atoms with Gasteiger partial charge in [0, 0.05) is 35.5 Å². The monoisotopic (exact) mass is 337 g/mol. The predicted octanol–water partition coefficient (Wildman–Crippen LogP) is 3.50. The van der Waals surface area contributed by atoms with Crippen molar-refractivity contribution in [1.29, 1.82) is 0 Å². The first kappa shape index (κ1) is 14.5. The zero-order valence-electron chi connectivity index (χ0n) is 12.0. The van der Waals surface area contributed by atoms with Gasteiger partial charge in [0.05, 0.1) is 0 Å². The second kappa shape index (κ2) is 6.54. The highest BCUT2D eigenvalue weighted by Gasteiger charge is 2.36. The molecule has 0 aromatic carbocycles. The Bertz CT molecular complexity index is 445. The van der Waals surface area contributed by atoms with Crippen LogP contribution in [-0.2, 0) is 0 Å². The topological polar surface area (TPSA) is 42.1 Å². The zero-order chi connectivity index (χ0) is 13.9. The molecule has 2 fully saturated rings. The molecule has 1 saturated carbocycles. The molecule has 3 nitrogen and oxygen atoms in total. The highest BCUT2D eigenvalue weighted by Crippen LogP contribution is 2.39. The SMILES string of the molecule is NCC(c1cncc(Br)c1)N1CCCC1C1CCCC1. The molecule has 1 aromatic heterocycles. The summed E-state index contributed by atoms with van der Waals surface area (Å²) in [7, 11) is 0. The lowest BCUT2D eigenvalue weighted by atomic mass is 9.94. The fourth-order valence-electron chi connectivity index (χ4n) is 4.12. The van der Waals surface area contributed by atoms with Crippen LogP contribution < -0.4 is 5.73 Å². The van der Waals surface area contributed by atoms with Gasteiger partial charge >= 0.3 is 0 Å². The maximum atomic E-state index is 6.11. The van der Waals surface area contributed by atoms with Crippen LogP contribution in [0.25, 0.3) is 0 Å². The van der Waals surface area contributed by atoms with Crippen LogP contribution in [0.2, 0.25) is 0 Å². The van der Waals surface area contributed by atoms with Crippen LogP contribution in [0.15, 0.2) is 22.9 Å². The summed E-state index contributed by atoms with van der Waals surface area (Å²) in [5.74, 6) is 0.895. The molecule has 2 aliphatic rings. The number of hydrogen-bond donors (Lipinski definition) is 1. The lowest BCUT2D eigenvalue weighted by Crippen LogP contribution is -2.40. The molecule has 0 radical (unpaired) electrons. The van der Waals surface area contributed by atoms with Gasteiger partial charge in [0.1, 0.15) is 0 Å². The summed E-state index contributed by atoms with van der Waals surface area (Å²) >= 11 is 3.53. The molecule has 0 amide bonds. The molecule has 0 spiro atoms. The Morgan fingerprint density at radius 1 is 1.25 bits per heavy atom. The van der Waals surface area contributed by atoms with E-state index in [-0.39, 0.29) is 0 Å². The maximum Gasteiger partial charge on any atom is 0.0489 e. The number of nitrogens with zero attached hydrogens (tertiary/aromatic N) is 2. The Labute approximate surface area is 130 Å². The third kappa shape index (κ3) is 2.92. The van der Waals surface area contributed by atoms with E-state index in [2.05, 4.69) is 31.9 Å². The first-order valence-electron chi connectivity index (χ1n) is 7.86. The highest BCUT2D eigenvalue weighted by atomic mass is 79.9. The smallest absolute Gasteiger partial charge is 0.0489 e. The Balaban J connectivity index is 1.80. The first-order valence-corrected chi connectivity index (χ1v) is 8.65. The van der Waals surface area contributed by atoms with Crippen molar-refractivity contribution in [3.63, 3.8) is 0 Å². The van der Waals surface area contributed by atoms with Crippen molar-refractivity contribution in [2.24, 2.45) is 11.7 Å². The number of aromatic nitrogens is 1. The summed E-state index contributed by atoms with van der Waals surface area (Å²) < 4.78 is 1.05. The Kier molecular flexibility index (Phi) is 4.74. The Morgan fingerprint density at radius 2 is 2.05 bits per heavy atom. The lowest BCUT2D eigenvalue weighted by molar-refractivity contribution is 0.138. The molecule has 1 aromatic rings. The molecule has 4 heteroatoms. The summed E-state index contributed by atoms with van der Waals surface area (Å²) in [6.45, 7) is 1.87. The third-order valence-electron chi connectivity index (χ3n) is 5.02. The molecular weight excluding hydrogens is 314 g/mol. The van der Waals surface area contributed by atoms with Gasteiger partial charge < -0.3 is 5.73 Å². The van der Waals surface area contributed by atoms with Crippen LogP contribution in [0.5, 0.6) is 0 Å². The number of pyridine rings is 1. The van der Waals surface area contributed by atoms with Crippen LogP contribution in [0.3, 0.4) is 0 Å². The van der Waals surface area contributed by atoms with Gasteiger partial charge in [0.2, 0.25) is 0 Å². The van der Waals surface area contributed by atoms with Gasteiger partial charge in [-0.2, -0.15) is 0 Å². The molecule has 110 valence electrons. The summed E-state index contributed by atoms with van der Waals surface area (Å²) in [6.07, 6.45) is 12.1. The molecule has 2 atom stereocenters. The second-order valence-electron chi connectivity index (χ2n) is 6.18. The molecule has 3 rings (SSSR count). The van der Waals surface area contributed by atoms with Crippen molar-refractivity contribution in [3.8, 4) is 0 Å². The van der Waals surface area contributed by atoms with Crippen molar-refractivity contribution >= 4 is 15.9 Å². The molecule has 2 N–H and O–H groups in total. The number of halogens is 1. The van der Waals surface area contributed by atoms with Crippen LogP contribution in [0.4, 0.5) is 0 Å². The second-order valence-corrected chi connectivity index (χ2v) is 7.10. The fraction of sp³-hybridized carbons (Fsp3) is 0.688. The maximum absolute atomic E-state index is 6.11. The van der Waals surface area contributed by atoms with Crippen molar-refractivity contribution in [3.05, 3.63) is 28.5 Å². The fourth-order valence-corrected chi connectivity index (χ4v) is 4.51. The minimum absolute atomic E-state index is 0.327. The van der Waals surface area contributed by atoms with Gasteiger partial charge in [-0.1, -0.05) is 12.8 Å². The number of nitrogens with two attached hydrogens (primary N) is 1.